The van der Waals surface area contributed by atoms with E-state index >= 15 is 0 Å². The minimum Gasteiger partial charge on any atom is -0.391 e. The zero-order valence-corrected chi connectivity index (χ0v) is 12.5. The number of nitrogens with two attached hydrogens (primary N) is 1. The Bertz CT molecular complexity index is 783. The molecule has 3 rings (SSSR count). The van der Waals surface area contributed by atoms with Gasteiger partial charge in [-0.3, -0.25) is 0 Å². The molecule has 0 bridgehead atoms. The molecule has 2 aromatic heterocycles. The van der Waals surface area contributed by atoms with Crippen LogP contribution in [-0.4, -0.2) is 36.2 Å². The van der Waals surface area contributed by atoms with Gasteiger partial charge in [0.1, 0.15) is 0 Å². The molecule has 3 N–H and O–H groups in total. The molecule has 114 valence electrons. The highest BCUT2D eigenvalue weighted by atomic mass is 16.3. The van der Waals surface area contributed by atoms with Gasteiger partial charge in [-0.25, -0.2) is 14.6 Å². The van der Waals surface area contributed by atoms with Gasteiger partial charge < -0.3 is 10.8 Å². The first-order valence-electron chi connectivity index (χ1n) is 7.23. The van der Waals surface area contributed by atoms with E-state index in [4.69, 9.17) is 5.73 Å². The Labute approximate surface area is 127 Å². The molecule has 0 amide bonds. The van der Waals surface area contributed by atoms with Gasteiger partial charge in [-0.2, -0.15) is 0 Å². The minimum absolute atomic E-state index is 0.206. The molecule has 0 fully saturated rings. The van der Waals surface area contributed by atoms with Gasteiger partial charge in [0.05, 0.1) is 12.1 Å². The summed E-state index contributed by atoms with van der Waals surface area (Å²) in [5.41, 5.74) is 7.86. The van der Waals surface area contributed by atoms with Gasteiger partial charge in [0.15, 0.2) is 22.8 Å². The maximum atomic E-state index is 9.94. The molecule has 0 aliphatic heterocycles. The Morgan fingerprint density at radius 2 is 1.95 bits per heavy atom. The molecule has 0 saturated carbocycles. The Kier molecular flexibility index (Phi) is 3.72. The van der Waals surface area contributed by atoms with Gasteiger partial charge in [-0.05, 0) is 13.3 Å². The van der Waals surface area contributed by atoms with E-state index in [-0.39, 0.29) is 11.9 Å². The van der Waals surface area contributed by atoms with Gasteiger partial charge in [0.2, 0.25) is 0 Å². The molecule has 2 heterocycles. The van der Waals surface area contributed by atoms with E-state index in [9.17, 15) is 5.11 Å². The molecular formula is C15H18N6O. The van der Waals surface area contributed by atoms with Crippen LogP contribution in [0.4, 0.5) is 5.82 Å². The quantitative estimate of drug-likeness (QED) is 0.761. The zero-order valence-electron chi connectivity index (χ0n) is 12.5. The number of anilines is 1. The summed E-state index contributed by atoms with van der Waals surface area (Å²) in [6.07, 6.45) is 0.145. The van der Waals surface area contributed by atoms with Crippen molar-refractivity contribution in [1.82, 2.24) is 25.0 Å². The molecule has 2 atom stereocenters. The number of fused-ring (bicyclic) bond motifs is 1. The second-order valence-electron chi connectivity index (χ2n) is 5.22. The largest absolute Gasteiger partial charge is 0.391 e. The molecule has 3 aromatic rings. The molecule has 0 aliphatic rings. The summed E-state index contributed by atoms with van der Waals surface area (Å²) in [6.45, 7) is 3.71. The summed E-state index contributed by atoms with van der Waals surface area (Å²) in [6, 6.07) is 9.39. The first-order valence-corrected chi connectivity index (χ1v) is 7.23. The second-order valence-corrected chi connectivity index (χ2v) is 5.22. The molecule has 7 nitrogen and oxygen atoms in total. The molecule has 0 saturated heterocycles. The van der Waals surface area contributed by atoms with E-state index in [1.807, 2.05) is 37.3 Å². The van der Waals surface area contributed by atoms with Gasteiger partial charge in [-0.15, -0.1) is 5.10 Å². The van der Waals surface area contributed by atoms with Crippen molar-refractivity contribution in [3.63, 3.8) is 0 Å². The van der Waals surface area contributed by atoms with Crippen molar-refractivity contribution < 1.29 is 5.11 Å². The van der Waals surface area contributed by atoms with E-state index in [1.165, 1.54) is 0 Å². The monoisotopic (exact) mass is 298 g/mol. The summed E-state index contributed by atoms with van der Waals surface area (Å²) >= 11 is 0. The topological polar surface area (TPSA) is 103 Å². The van der Waals surface area contributed by atoms with E-state index in [0.29, 0.717) is 23.4 Å². The highest BCUT2D eigenvalue weighted by Crippen LogP contribution is 2.25. The zero-order chi connectivity index (χ0) is 15.7. The predicted octanol–water partition coefficient (Wildman–Crippen LogP) is 1.80. The van der Waals surface area contributed by atoms with Gasteiger partial charge in [0.25, 0.3) is 0 Å². The standard InChI is InChI=1S/C15H18N6O/c1-3-11(9(2)22)21-15-12(19-20-21)13(16)17-14(18-15)10-7-5-4-6-8-10/h4-9,11,22H,3H2,1-2H3,(H2,16,17,18)/t9-,11+/m1/s1. The smallest absolute Gasteiger partial charge is 0.184 e. The van der Waals surface area contributed by atoms with Crippen LogP contribution in [0.25, 0.3) is 22.6 Å². The number of aromatic nitrogens is 5. The van der Waals surface area contributed by atoms with Crippen LogP contribution in [0.2, 0.25) is 0 Å². The van der Waals surface area contributed by atoms with E-state index in [0.717, 1.165) is 5.56 Å². The molecule has 7 heteroatoms. The van der Waals surface area contributed by atoms with Crippen molar-refractivity contribution in [2.45, 2.75) is 32.4 Å². The lowest BCUT2D eigenvalue weighted by Crippen LogP contribution is -2.22. The summed E-state index contributed by atoms with van der Waals surface area (Å²) in [4.78, 5) is 8.86. The molecule has 0 radical (unpaired) electrons. The average Bonchev–Trinajstić information content (AvgIpc) is 2.93. The lowest BCUT2D eigenvalue weighted by Gasteiger charge is -2.18. The van der Waals surface area contributed by atoms with Crippen LogP contribution in [0.5, 0.6) is 0 Å². The molecule has 0 aliphatic carbocycles. The van der Waals surface area contributed by atoms with Crippen LogP contribution >= 0.6 is 0 Å². The van der Waals surface area contributed by atoms with Crippen LogP contribution in [0.15, 0.2) is 30.3 Å². The maximum Gasteiger partial charge on any atom is 0.184 e. The average molecular weight is 298 g/mol. The Morgan fingerprint density at radius 3 is 2.59 bits per heavy atom. The predicted molar refractivity (Wildman–Crippen MR) is 84.0 cm³/mol. The summed E-state index contributed by atoms with van der Waals surface area (Å²) in [5, 5.41) is 18.1. The van der Waals surface area contributed by atoms with Gasteiger partial charge >= 0.3 is 0 Å². The van der Waals surface area contributed by atoms with E-state index in [1.54, 1.807) is 11.6 Å². The summed E-state index contributed by atoms with van der Waals surface area (Å²) < 4.78 is 1.63. The number of nitrogen functional groups attached to an aromatic ring is 1. The number of rotatable bonds is 4. The molecule has 0 unspecified atom stereocenters. The van der Waals surface area contributed by atoms with Crippen molar-refractivity contribution in [2.75, 3.05) is 5.73 Å². The Hall–Kier alpha value is -2.54. The SMILES string of the molecule is CC[C@@H]([C@@H](C)O)n1nnc2c(N)nc(-c3ccccc3)nc21. The van der Waals surface area contributed by atoms with Crippen molar-refractivity contribution in [3.8, 4) is 11.4 Å². The lowest BCUT2D eigenvalue weighted by molar-refractivity contribution is 0.121. The Morgan fingerprint density at radius 1 is 1.23 bits per heavy atom. The molecule has 22 heavy (non-hydrogen) atoms. The first kappa shape index (κ1) is 14.4. The third kappa shape index (κ3) is 2.39. The minimum atomic E-state index is -0.564. The Balaban J connectivity index is 2.19. The number of benzene rings is 1. The van der Waals surface area contributed by atoms with E-state index < -0.39 is 6.10 Å². The lowest BCUT2D eigenvalue weighted by atomic mass is 10.1. The fourth-order valence-corrected chi connectivity index (χ4v) is 2.51. The summed E-state index contributed by atoms with van der Waals surface area (Å²) in [7, 11) is 0. The maximum absolute atomic E-state index is 9.94. The number of aliphatic hydroxyl groups is 1. The van der Waals surface area contributed by atoms with Crippen molar-refractivity contribution in [2.24, 2.45) is 0 Å². The van der Waals surface area contributed by atoms with Gasteiger partial charge in [0, 0.05) is 5.56 Å². The highest BCUT2D eigenvalue weighted by Gasteiger charge is 2.22. The van der Waals surface area contributed by atoms with Crippen LogP contribution in [-0.2, 0) is 0 Å². The van der Waals surface area contributed by atoms with E-state index in [2.05, 4.69) is 20.3 Å². The van der Waals surface area contributed by atoms with Crippen LogP contribution < -0.4 is 5.73 Å². The fourth-order valence-electron chi connectivity index (χ4n) is 2.51. The highest BCUT2D eigenvalue weighted by molar-refractivity contribution is 5.83. The second kappa shape index (κ2) is 5.69. The van der Waals surface area contributed by atoms with Gasteiger partial charge in [-0.1, -0.05) is 42.5 Å². The summed E-state index contributed by atoms with van der Waals surface area (Å²) in [5.74, 6) is 0.810. The first-order chi connectivity index (χ1) is 10.6. The van der Waals surface area contributed by atoms with Crippen LogP contribution in [0.3, 0.4) is 0 Å². The van der Waals surface area contributed by atoms with Crippen LogP contribution in [0, 0.1) is 0 Å². The van der Waals surface area contributed by atoms with Crippen molar-refractivity contribution in [1.29, 1.82) is 0 Å². The molecular weight excluding hydrogens is 280 g/mol. The number of aliphatic hydroxyl groups excluding tert-OH is 1. The molecule has 1 aromatic carbocycles. The van der Waals surface area contributed by atoms with Crippen molar-refractivity contribution in [3.05, 3.63) is 30.3 Å². The third-order valence-electron chi connectivity index (χ3n) is 3.67. The fraction of sp³-hybridized carbons (Fsp3) is 0.333. The normalized spacial score (nSPS) is 14.1. The van der Waals surface area contributed by atoms with Crippen molar-refractivity contribution >= 4 is 17.0 Å². The number of nitrogens with zero attached hydrogens (tertiary/aromatic N) is 5. The molecule has 0 spiro atoms. The number of hydrogen-bond acceptors (Lipinski definition) is 6. The number of hydrogen-bond donors (Lipinski definition) is 2. The van der Waals surface area contributed by atoms with Crippen LogP contribution in [0.1, 0.15) is 26.3 Å². The third-order valence-corrected chi connectivity index (χ3v) is 3.67.